The minimum Gasteiger partial charge on any atom is -0.443 e. The van der Waals surface area contributed by atoms with E-state index in [4.69, 9.17) is 13.7 Å². The molecular weight excluding hydrogens is 322 g/mol. The number of carbonyl (C=O) groups is 1. The zero-order valence-electron chi connectivity index (χ0n) is 13.4. The van der Waals surface area contributed by atoms with E-state index >= 15 is 0 Å². The van der Waals surface area contributed by atoms with Crippen LogP contribution in [0.2, 0.25) is 0 Å². The first-order valence-corrected chi connectivity index (χ1v) is 8.59. The highest BCUT2D eigenvalue weighted by atomic mass is 32.2. The highest BCUT2D eigenvalue weighted by Crippen LogP contribution is 2.21. The van der Waals surface area contributed by atoms with Gasteiger partial charge in [-0.3, -0.25) is 0 Å². The van der Waals surface area contributed by atoms with Gasteiger partial charge in [-0.2, -0.15) is 12.7 Å². The number of hydrogen-bond acceptors (Lipinski definition) is 6. The molecule has 1 aliphatic rings. The van der Waals surface area contributed by atoms with E-state index in [-0.39, 0.29) is 13.2 Å². The first-order chi connectivity index (χ1) is 10.7. The van der Waals surface area contributed by atoms with Gasteiger partial charge in [-0.1, -0.05) is 30.3 Å². The smallest absolute Gasteiger partial charge is 0.425 e. The van der Waals surface area contributed by atoms with Crippen molar-refractivity contribution in [2.24, 2.45) is 0 Å². The Morgan fingerprint density at radius 3 is 2.57 bits per heavy atom. The van der Waals surface area contributed by atoms with E-state index in [9.17, 15) is 13.2 Å². The minimum absolute atomic E-state index is 0.0629. The second-order valence-electron chi connectivity index (χ2n) is 6.19. The van der Waals surface area contributed by atoms with Crippen molar-refractivity contribution < 1.29 is 26.9 Å². The van der Waals surface area contributed by atoms with E-state index in [1.807, 2.05) is 30.3 Å². The van der Waals surface area contributed by atoms with Crippen LogP contribution in [0.1, 0.15) is 26.3 Å². The van der Waals surface area contributed by atoms with Crippen LogP contribution in [0.15, 0.2) is 30.3 Å². The summed E-state index contributed by atoms with van der Waals surface area (Å²) in [5.41, 5.74) is 0.187. The van der Waals surface area contributed by atoms with Crippen LogP contribution in [0.3, 0.4) is 0 Å². The van der Waals surface area contributed by atoms with Gasteiger partial charge < -0.3 is 9.47 Å². The van der Waals surface area contributed by atoms with Crippen molar-refractivity contribution in [3.8, 4) is 0 Å². The number of carbonyl (C=O) groups excluding carboxylic acids is 1. The van der Waals surface area contributed by atoms with E-state index in [0.717, 1.165) is 5.56 Å². The minimum atomic E-state index is -4.12. The summed E-state index contributed by atoms with van der Waals surface area (Å²) in [6.45, 7) is 5.27. The molecule has 1 aliphatic heterocycles. The molecule has 8 heteroatoms. The van der Waals surface area contributed by atoms with Gasteiger partial charge in [0, 0.05) is 0 Å². The van der Waals surface area contributed by atoms with Crippen molar-refractivity contribution >= 4 is 16.4 Å². The fraction of sp³-hybridized carbons (Fsp3) is 0.533. The van der Waals surface area contributed by atoms with Gasteiger partial charge in [0.2, 0.25) is 0 Å². The summed E-state index contributed by atoms with van der Waals surface area (Å²) < 4.78 is 39.8. The zero-order valence-corrected chi connectivity index (χ0v) is 14.2. The van der Waals surface area contributed by atoms with Gasteiger partial charge >= 0.3 is 16.4 Å². The fourth-order valence-electron chi connectivity index (χ4n) is 1.97. The highest BCUT2D eigenvalue weighted by molar-refractivity contribution is 7.85. The number of rotatable bonds is 4. The standard InChI is InChI=1S/C15H21NO6S/c1-15(2,3)21-14(17)16-9-13(22-23(16,18)19)11-20-10-12-7-5-4-6-8-12/h4-8,13H,9-11H2,1-3H3/t13-/m0/s1. The topological polar surface area (TPSA) is 82.1 Å². The Labute approximate surface area is 136 Å². The second kappa shape index (κ2) is 6.86. The molecule has 0 bridgehead atoms. The third-order valence-corrected chi connectivity index (χ3v) is 4.26. The van der Waals surface area contributed by atoms with Crippen LogP contribution in [0.4, 0.5) is 4.79 Å². The van der Waals surface area contributed by atoms with Gasteiger partial charge in [0.05, 0.1) is 19.8 Å². The third-order valence-electron chi connectivity index (χ3n) is 2.91. The molecular formula is C15H21NO6S. The summed E-state index contributed by atoms with van der Waals surface area (Å²) in [5, 5.41) is 0. The lowest BCUT2D eigenvalue weighted by Gasteiger charge is -2.22. The molecule has 0 unspecified atom stereocenters. The first-order valence-electron chi connectivity index (χ1n) is 7.23. The molecule has 1 atom stereocenters. The highest BCUT2D eigenvalue weighted by Gasteiger charge is 2.42. The molecule has 23 heavy (non-hydrogen) atoms. The van der Waals surface area contributed by atoms with E-state index in [1.165, 1.54) is 0 Å². The van der Waals surface area contributed by atoms with Gasteiger partial charge in [0.1, 0.15) is 11.7 Å². The zero-order chi connectivity index (χ0) is 17.1. The molecule has 0 radical (unpaired) electrons. The maximum absolute atomic E-state index is 11.9. The van der Waals surface area contributed by atoms with Gasteiger partial charge in [0.15, 0.2) is 0 Å². The van der Waals surface area contributed by atoms with E-state index in [1.54, 1.807) is 20.8 Å². The number of amides is 1. The molecule has 1 saturated heterocycles. The average molecular weight is 343 g/mol. The summed E-state index contributed by atoms with van der Waals surface area (Å²) in [7, 11) is -4.12. The van der Waals surface area contributed by atoms with Crippen molar-refractivity contribution in [3.05, 3.63) is 35.9 Å². The molecule has 128 valence electrons. The maximum atomic E-state index is 11.9. The predicted octanol–water partition coefficient (Wildman–Crippen LogP) is 2.08. The van der Waals surface area contributed by atoms with Gasteiger partial charge in [-0.15, -0.1) is 0 Å². The Balaban J connectivity index is 1.88. The number of benzene rings is 1. The van der Waals surface area contributed by atoms with Crippen LogP contribution in [0.25, 0.3) is 0 Å². The Morgan fingerprint density at radius 1 is 1.30 bits per heavy atom. The van der Waals surface area contributed by atoms with E-state index < -0.39 is 28.1 Å². The molecule has 0 aliphatic carbocycles. The molecule has 1 heterocycles. The molecule has 1 amide bonds. The quantitative estimate of drug-likeness (QED) is 0.832. The van der Waals surface area contributed by atoms with Gasteiger partial charge in [-0.25, -0.2) is 8.98 Å². The Kier molecular flexibility index (Phi) is 5.28. The SMILES string of the molecule is CC(C)(C)OC(=O)N1C[C@@H](COCc2ccccc2)OS1(=O)=O. The van der Waals surface area contributed by atoms with Crippen molar-refractivity contribution in [3.63, 3.8) is 0 Å². The molecule has 0 aromatic heterocycles. The van der Waals surface area contributed by atoms with E-state index in [2.05, 4.69) is 0 Å². The van der Waals surface area contributed by atoms with E-state index in [0.29, 0.717) is 10.9 Å². The normalized spacial score (nSPS) is 20.5. The Bertz CT molecular complexity index is 638. The molecule has 2 rings (SSSR count). The summed E-state index contributed by atoms with van der Waals surface area (Å²) in [5.74, 6) is 0. The average Bonchev–Trinajstić information content (AvgIpc) is 2.73. The number of hydrogen-bond donors (Lipinski definition) is 0. The number of ether oxygens (including phenoxy) is 2. The molecule has 0 spiro atoms. The Morgan fingerprint density at radius 2 is 1.96 bits per heavy atom. The predicted molar refractivity (Wildman–Crippen MR) is 82.8 cm³/mol. The van der Waals surface area contributed by atoms with Crippen molar-refractivity contribution in [2.45, 2.75) is 39.1 Å². The monoisotopic (exact) mass is 343 g/mol. The summed E-state index contributed by atoms with van der Waals surface area (Å²) >= 11 is 0. The molecule has 1 aromatic carbocycles. The second-order valence-corrected chi connectivity index (χ2v) is 7.68. The first kappa shape index (κ1) is 17.7. The summed E-state index contributed by atoms with van der Waals surface area (Å²) in [4.78, 5) is 11.9. The molecule has 1 fully saturated rings. The summed E-state index contributed by atoms with van der Waals surface area (Å²) in [6.07, 6.45) is -1.68. The van der Waals surface area contributed by atoms with Crippen molar-refractivity contribution in [1.82, 2.24) is 4.31 Å². The van der Waals surface area contributed by atoms with Crippen molar-refractivity contribution in [2.75, 3.05) is 13.2 Å². The third kappa shape index (κ3) is 5.19. The van der Waals surface area contributed by atoms with Gasteiger partial charge in [0.25, 0.3) is 0 Å². The summed E-state index contributed by atoms with van der Waals surface area (Å²) in [6, 6.07) is 9.48. The Hall–Kier alpha value is -1.64. The molecule has 1 aromatic rings. The van der Waals surface area contributed by atoms with Crippen LogP contribution in [-0.4, -0.2) is 43.7 Å². The van der Waals surface area contributed by atoms with Gasteiger partial charge in [-0.05, 0) is 26.3 Å². The van der Waals surface area contributed by atoms with Crippen LogP contribution in [0, 0.1) is 0 Å². The van der Waals surface area contributed by atoms with Crippen LogP contribution in [0.5, 0.6) is 0 Å². The number of nitrogens with zero attached hydrogens (tertiary/aromatic N) is 1. The van der Waals surface area contributed by atoms with Crippen LogP contribution < -0.4 is 0 Å². The lowest BCUT2D eigenvalue weighted by Crippen LogP contribution is -2.38. The van der Waals surface area contributed by atoms with Crippen molar-refractivity contribution in [1.29, 1.82) is 0 Å². The molecule has 7 nitrogen and oxygen atoms in total. The maximum Gasteiger partial charge on any atom is 0.425 e. The van der Waals surface area contributed by atoms with Crippen LogP contribution >= 0.6 is 0 Å². The molecule has 0 saturated carbocycles. The van der Waals surface area contributed by atoms with Crippen LogP contribution in [-0.2, 0) is 30.6 Å². The molecule has 0 N–H and O–H groups in total. The lowest BCUT2D eigenvalue weighted by molar-refractivity contribution is 0.0345. The lowest BCUT2D eigenvalue weighted by atomic mass is 10.2. The largest absolute Gasteiger partial charge is 0.443 e. The fourth-order valence-corrected chi connectivity index (χ4v) is 3.11.